The van der Waals surface area contributed by atoms with Crippen LogP contribution < -0.4 is 11.1 Å². The Hall–Kier alpha value is -1.10. The second-order valence-electron chi connectivity index (χ2n) is 5.47. The van der Waals surface area contributed by atoms with Gasteiger partial charge in [0.2, 0.25) is 5.91 Å². The highest BCUT2D eigenvalue weighted by Crippen LogP contribution is 2.31. The highest BCUT2D eigenvalue weighted by molar-refractivity contribution is 5.81. The minimum atomic E-state index is -0.882. The average molecular weight is 256 g/mol. The first kappa shape index (κ1) is 15.0. The fourth-order valence-corrected chi connectivity index (χ4v) is 2.43. The van der Waals surface area contributed by atoms with Crippen molar-refractivity contribution in [2.75, 3.05) is 13.1 Å². The fourth-order valence-electron chi connectivity index (χ4n) is 2.43. The van der Waals surface area contributed by atoms with E-state index in [4.69, 9.17) is 10.8 Å². The number of rotatable bonds is 6. The summed E-state index contributed by atoms with van der Waals surface area (Å²) in [5.41, 5.74) is 4.76. The Morgan fingerprint density at radius 2 is 2.11 bits per heavy atom. The van der Waals surface area contributed by atoms with Crippen molar-refractivity contribution in [1.82, 2.24) is 5.32 Å². The average Bonchev–Trinajstić information content (AvgIpc) is 2.83. The number of carboxylic acid groups (broad SMARTS) is 1. The van der Waals surface area contributed by atoms with E-state index in [1.807, 2.05) is 6.92 Å². The zero-order valence-corrected chi connectivity index (χ0v) is 11.2. The van der Waals surface area contributed by atoms with E-state index in [1.54, 1.807) is 6.92 Å². The molecule has 5 heteroatoms. The Balaban J connectivity index is 2.53. The molecule has 1 aliphatic carbocycles. The predicted molar refractivity (Wildman–Crippen MR) is 68.9 cm³/mol. The summed E-state index contributed by atoms with van der Waals surface area (Å²) in [7, 11) is 0. The van der Waals surface area contributed by atoms with Gasteiger partial charge < -0.3 is 16.2 Å². The number of hydrogen-bond donors (Lipinski definition) is 3. The van der Waals surface area contributed by atoms with Gasteiger partial charge in [0.15, 0.2) is 0 Å². The van der Waals surface area contributed by atoms with Crippen LogP contribution in [0.2, 0.25) is 0 Å². The lowest BCUT2D eigenvalue weighted by atomic mass is 9.87. The summed E-state index contributed by atoms with van der Waals surface area (Å²) >= 11 is 0. The van der Waals surface area contributed by atoms with Crippen LogP contribution in [-0.2, 0) is 9.59 Å². The van der Waals surface area contributed by atoms with Gasteiger partial charge in [0.1, 0.15) is 0 Å². The molecule has 1 aliphatic rings. The number of amides is 1. The molecule has 18 heavy (non-hydrogen) atoms. The van der Waals surface area contributed by atoms with Gasteiger partial charge in [-0.05, 0) is 38.6 Å². The Bertz CT molecular complexity index is 319. The smallest absolute Gasteiger partial charge is 0.311 e. The first-order valence-electron chi connectivity index (χ1n) is 6.65. The molecule has 5 nitrogen and oxygen atoms in total. The van der Waals surface area contributed by atoms with Gasteiger partial charge in [-0.3, -0.25) is 9.59 Å². The molecule has 0 bridgehead atoms. The zero-order valence-electron chi connectivity index (χ0n) is 11.2. The molecule has 1 amide bonds. The van der Waals surface area contributed by atoms with E-state index < -0.39 is 11.4 Å². The summed E-state index contributed by atoms with van der Waals surface area (Å²) in [6.45, 7) is 4.19. The second-order valence-corrected chi connectivity index (χ2v) is 5.47. The molecular formula is C13H24N2O3. The third-order valence-electron chi connectivity index (χ3n) is 4.25. The van der Waals surface area contributed by atoms with E-state index in [2.05, 4.69) is 5.32 Å². The number of carboxylic acids is 1. The molecule has 0 aliphatic heterocycles. The SMILES string of the molecule is CCC(C)(CNC(=O)C1CCCC1CN)C(=O)O. The third kappa shape index (κ3) is 3.22. The molecule has 0 heterocycles. The molecule has 0 radical (unpaired) electrons. The van der Waals surface area contributed by atoms with Crippen LogP contribution in [0.4, 0.5) is 0 Å². The number of nitrogens with one attached hydrogen (secondary N) is 1. The fraction of sp³-hybridized carbons (Fsp3) is 0.846. The molecule has 4 N–H and O–H groups in total. The van der Waals surface area contributed by atoms with Gasteiger partial charge in [-0.2, -0.15) is 0 Å². The van der Waals surface area contributed by atoms with E-state index in [9.17, 15) is 9.59 Å². The van der Waals surface area contributed by atoms with Crippen LogP contribution in [0.25, 0.3) is 0 Å². The van der Waals surface area contributed by atoms with Crippen LogP contribution in [0.3, 0.4) is 0 Å². The van der Waals surface area contributed by atoms with E-state index in [-0.39, 0.29) is 24.3 Å². The maximum Gasteiger partial charge on any atom is 0.311 e. The standard InChI is InChI=1S/C13H24N2O3/c1-3-13(2,12(17)18)8-15-11(16)10-6-4-5-9(10)7-14/h9-10H,3-8,14H2,1-2H3,(H,15,16)(H,17,18). The van der Waals surface area contributed by atoms with Crippen molar-refractivity contribution >= 4 is 11.9 Å². The molecular weight excluding hydrogens is 232 g/mol. The summed E-state index contributed by atoms with van der Waals surface area (Å²) in [6.07, 6.45) is 3.39. The maximum atomic E-state index is 12.0. The van der Waals surface area contributed by atoms with E-state index in [1.165, 1.54) is 0 Å². The zero-order chi connectivity index (χ0) is 13.8. The van der Waals surface area contributed by atoms with Gasteiger partial charge >= 0.3 is 5.97 Å². The summed E-state index contributed by atoms with van der Waals surface area (Å²) < 4.78 is 0. The van der Waals surface area contributed by atoms with Crippen LogP contribution >= 0.6 is 0 Å². The quantitative estimate of drug-likeness (QED) is 0.660. The number of nitrogens with two attached hydrogens (primary N) is 1. The van der Waals surface area contributed by atoms with Crippen molar-refractivity contribution in [3.8, 4) is 0 Å². The van der Waals surface area contributed by atoms with Crippen LogP contribution in [0.5, 0.6) is 0 Å². The van der Waals surface area contributed by atoms with Gasteiger partial charge in [-0.25, -0.2) is 0 Å². The van der Waals surface area contributed by atoms with Gasteiger partial charge in [0, 0.05) is 12.5 Å². The molecule has 0 aromatic rings. The minimum absolute atomic E-state index is 0.0371. The molecule has 104 valence electrons. The number of aliphatic carboxylic acids is 1. The van der Waals surface area contributed by atoms with E-state index in [0.29, 0.717) is 13.0 Å². The molecule has 3 atom stereocenters. The number of hydrogen-bond acceptors (Lipinski definition) is 3. The summed E-state index contributed by atoms with van der Waals surface area (Å²) in [5, 5.41) is 11.9. The van der Waals surface area contributed by atoms with Gasteiger partial charge in [-0.15, -0.1) is 0 Å². The molecule has 1 rings (SSSR count). The van der Waals surface area contributed by atoms with Crippen molar-refractivity contribution in [3.63, 3.8) is 0 Å². The molecule has 0 spiro atoms. The Labute approximate surface area is 108 Å². The molecule has 0 saturated heterocycles. The lowest BCUT2D eigenvalue weighted by Gasteiger charge is -2.25. The molecule has 0 aromatic heterocycles. The van der Waals surface area contributed by atoms with E-state index >= 15 is 0 Å². The second kappa shape index (κ2) is 6.18. The van der Waals surface area contributed by atoms with Crippen molar-refractivity contribution in [2.24, 2.45) is 23.0 Å². The number of carbonyl (C=O) groups excluding carboxylic acids is 1. The summed E-state index contributed by atoms with van der Waals surface area (Å²) in [4.78, 5) is 23.2. The summed E-state index contributed by atoms with van der Waals surface area (Å²) in [5.74, 6) is -0.691. The largest absolute Gasteiger partial charge is 0.481 e. The van der Waals surface area contributed by atoms with Crippen molar-refractivity contribution < 1.29 is 14.7 Å². The lowest BCUT2D eigenvalue weighted by Crippen LogP contribution is -2.43. The van der Waals surface area contributed by atoms with Crippen LogP contribution in [-0.4, -0.2) is 30.1 Å². The monoisotopic (exact) mass is 256 g/mol. The molecule has 1 saturated carbocycles. The van der Waals surface area contributed by atoms with Crippen LogP contribution in [0.15, 0.2) is 0 Å². The Morgan fingerprint density at radius 3 is 2.61 bits per heavy atom. The number of carbonyl (C=O) groups is 2. The summed E-state index contributed by atoms with van der Waals surface area (Å²) in [6, 6.07) is 0. The highest BCUT2D eigenvalue weighted by atomic mass is 16.4. The Kier molecular flexibility index (Phi) is 5.14. The normalized spacial score (nSPS) is 26.6. The molecule has 1 fully saturated rings. The van der Waals surface area contributed by atoms with Crippen LogP contribution in [0, 0.1) is 17.3 Å². The van der Waals surface area contributed by atoms with E-state index in [0.717, 1.165) is 19.3 Å². The molecule has 3 unspecified atom stereocenters. The predicted octanol–water partition coefficient (Wildman–Crippen LogP) is 0.979. The minimum Gasteiger partial charge on any atom is -0.481 e. The first-order chi connectivity index (χ1) is 8.44. The topological polar surface area (TPSA) is 92.4 Å². The maximum absolute atomic E-state index is 12.0. The molecule has 0 aromatic carbocycles. The lowest BCUT2D eigenvalue weighted by molar-refractivity contribution is -0.148. The highest BCUT2D eigenvalue weighted by Gasteiger charge is 2.35. The first-order valence-corrected chi connectivity index (χ1v) is 6.65. The third-order valence-corrected chi connectivity index (χ3v) is 4.25. The van der Waals surface area contributed by atoms with Crippen molar-refractivity contribution in [3.05, 3.63) is 0 Å². The van der Waals surface area contributed by atoms with Gasteiger partial charge in [-0.1, -0.05) is 13.3 Å². The van der Waals surface area contributed by atoms with Crippen molar-refractivity contribution in [2.45, 2.75) is 39.5 Å². The Morgan fingerprint density at radius 1 is 1.44 bits per heavy atom. The van der Waals surface area contributed by atoms with Gasteiger partial charge in [0.25, 0.3) is 0 Å². The van der Waals surface area contributed by atoms with Crippen LogP contribution in [0.1, 0.15) is 39.5 Å². The van der Waals surface area contributed by atoms with Gasteiger partial charge in [0.05, 0.1) is 5.41 Å². The van der Waals surface area contributed by atoms with Crippen molar-refractivity contribution in [1.29, 1.82) is 0 Å².